The summed E-state index contributed by atoms with van der Waals surface area (Å²) in [4.78, 5) is 11.8. The normalized spacial score (nSPS) is 17.6. The molecular weight excluding hydrogens is 271 g/mol. The average Bonchev–Trinajstić information content (AvgIpc) is 3.01. The summed E-state index contributed by atoms with van der Waals surface area (Å²) in [5, 5.41) is 13.6. The highest BCUT2D eigenvalue weighted by Gasteiger charge is 2.41. The Labute approximate surface area is 122 Å². The molecular formula is C16H17FN2O2. The van der Waals surface area contributed by atoms with E-state index in [1.54, 1.807) is 30.6 Å². The Balaban J connectivity index is 2.02. The van der Waals surface area contributed by atoms with Crippen LogP contribution in [0.15, 0.2) is 36.7 Å². The molecule has 1 N–H and O–H groups in total. The van der Waals surface area contributed by atoms with Gasteiger partial charge in [0.2, 0.25) is 0 Å². The van der Waals surface area contributed by atoms with Gasteiger partial charge in [-0.15, -0.1) is 0 Å². The van der Waals surface area contributed by atoms with E-state index in [9.17, 15) is 14.3 Å². The number of carboxylic acid groups (broad SMARTS) is 1. The lowest BCUT2D eigenvalue weighted by atomic mass is 9.69. The molecule has 0 aliphatic heterocycles. The minimum Gasteiger partial charge on any atom is -0.481 e. The molecule has 1 aliphatic rings. The van der Waals surface area contributed by atoms with Crippen molar-refractivity contribution in [2.75, 3.05) is 0 Å². The number of carboxylic acids is 1. The van der Waals surface area contributed by atoms with Gasteiger partial charge in [-0.1, -0.05) is 25.3 Å². The van der Waals surface area contributed by atoms with Crippen LogP contribution in [0.3, 0.4) is 0 Å². The van der Waals surface area contributed by atoms with E-state index in [0.29, 0.717) is 24.1 Å². The molecule has 1 fully saturated rings. The lowest BCUT2D eigenvalue weighted by molar-refractivity contribution is -0.145. The number of aromatic nitrogens is 2. The summed E-state index contributed by atoms with van der Waals surface area (Å²) in [5.41, 5.74) is -0.0509. The summed E-state index contributed by atoms with van der Waals surface area (Å²) < 4.78 is 15.8. The standard InChI is InChI=1S/C16H17FN2O2/c17-13-11-12(5-6-14(13)19-10-4-9-18-19)16(15(20)21)7-2-1-3-8-16/h4-6,9-11H,1-3,7-8H2,(H,20,21). The van der Waals surface area contributed by atoms with E-state index in [-0.39, 0.29) is 0 Å². The van der Waals surface area contributed by atoms with E-state index in [1.807, 2.05) is 0 Å². The first kappa shape index (κ1) is 13.8. The van der Waals surface area contributed by atoms with Crippen LogP contribution in [0.5, 0.6) is 0 Å². The molecule has 1 aromatic heterocycles. The fourth-order valence-corrected chi connectivity index (χ4v) is 3.18. The molecule has 0 bridgehead atoms. The van der Waals surface area contributed by atoms with Crippen molar-refractivity contribution in [1.29, 1.82) is 0 Å². The zero-order valence-corrected chi connectivity index (χ0v) is 11.6. The highest BCUT2D eigenvalue weighted by Crippen LogP contribution is 2.40. The largest absolute Gasteiger partial charge is 0.481 e. The maximum atomic E-state index is 14.3. The number of nitrogens with zero attached hydrogens (tertiary/aromatic N) is 2. The Morgan fingerprint density at radius 2 is 2.05 bits per heavy atom. The van der Waals surface area contributed by atoms with Crippen LogP contribution in [-0.2, 0) is 10.2 Å². The molecule has 0 spiro atoms. The Morgan fingerprint density at radius 1 is 1.29 bits per heavy atom. The van der Waals surface area contributed by atoms with Crippen LogP contribution >= 0.6 is 0 Å². The van der Waals surface area contributed by atoms with Crippen molar-refractivity contribution in [3.05, 3.63) is 48.0 Å². The zero-order chi connectivity index (χ0) is 14.9. The first-order valence-corrected chi connectivity index (χ1v) is 7.17. The highest BCUT2D eigenvalue weighted by molar-refractivity contribution is 5.81. The molecule has 1 aromatic carbocycles. The number of aliphatic carboxylic acids is 1. The first-order chi connectivity index (χ1) is 10.1. The Hall–Kier alpha value is -2.17. The number of benzene rings is 1. The molecule has 0 amide bonds. The minimum atomic E-state index is -0.943. The van der Waals surface area contributed by atoms with Crippen molar-refractivity contribution in [3.63, 3.8) is 0 Å². The second-order valence-electron chi connectivity index (χ2n) is 5.56. The first-order valence-electron chi connectivity index (χ1n) is 7.17. The smallest absolute Gasteiger partial charge is 0.314 e. The molecule has 1 saturated carbocycles. The van der Waals surface area contributed by atoms with Crippen LogP contribution in [0.2, 0.25) is 0 Å². The van der Waals surface area contributed by atoms with E-state index < -0.39 is 17.2 Å². The van der Waals surface area contributed by atoms with Crippen molar-refractivity contribution in [2.45, 2.75) is 37.5 Å². The van der Waals surface area contributed by atoms with Crippen molar-refractivity contribution in [2.24, 2.45) is 0 Å². The van der Waals surface area contributed by atoms with Crippen molar-refractivity contribution in [1.82, 2.24) is 9.78 Å². The lowest BCUT2D eigenvalue weighted by Crippen LogP contribution is -2.37. The van der Waals surface area contributed by atoms with Crippen LogP contribution in [0.1, 0.15) is 37.7 Å². The fourth-order valence-electron chi connectivity index (χ4n) is 3.18. The van der Waals surface area contributed by atoms with Crippen LogP contribution in [0.25, 0.3) is 5.69 Å². The molecule has 4 nitrogen and oxygen atoms in total. The fraction of sp³-hybridized carbons (Fsp3) is 0.375. The van der Waals surface area contributed by atoms with Crippen molar-refractivity contribution < 1.29 is 14.3 Å². The zero-order valence-electron chi connectivity index (χ0n) is 11.6. The Bertz CT molecular complexity index is 646. The quantitative estimate of drug-likeness (QED) is 0.942. The third-order valence-corrected chi connectivity index (χ3v) is 4.37. The highest BCUT2D eigenvalue weighted by atomic mass is 19.1. The number of carbonyl (C=O) groups is 1. The Morgan fingerprint density at radius 3 is 2.62 bits per heavy atom. The number of halogens is 1. The van der Waals surface area contributed by atoms with Gasteiger partial charge in [0.05, 0.1) is 5.41 Å². The van der Waals surface area contributed by atoms with Crippen LogP contribution in [0.4, 0.5) is 4.39 Å². The van der Waals surface area contributed by atoms with Crippen LogP contribution in [0, 0.1) is 5.82 Å². The minimum absolute atomic E-state index is 0.333. The van der Waals surface area contributed by atoms with Crippen LogP contribution < -0.4 is 0 Å². The molecule has 0 unspecified atom stereocenters. The van der Waals surface area contributed by atoms with E-state index in [0.717, 1.165) is 19.3 Å². The molecule has 1 aliphatic carbocycles. The van der Waals surface area contributed by atoms with E-state index in [2.05, 4.69) is 5.10 Å². The summed E-state index contributed by atoms with van der Waals surface area (Å²) in [6.07, 6.45) is 7.16. The third kappa shape index (κ3) is 2.33. The van der Waals surface area contributed by atoms with Gasteiger partial charge >= 0.3 is 5.97 Å². The van der Waals surface area contributed by atoms with Gasteiger partial charge in [-0.05, 0) is 36.6 Å². The van der Waals surface area contributed by atoms with E-state index >= 15 is 0 Å². The predicted octanol–water partition coefficient (Wildman–Crippen LogP) is 3.30. The number of hydrogen-bond acceptors (Lipinski definition) is 2. The second-order valence-corrected chi connectivity index (χ2v) is 5.56. The molecule has 2 aromatic rings. The lowest BCUT2D eigenvalue weighted by Gasteiger charge is -2.33. The monoisotopic (exact) mass is 288 g/mol. The number of hydrogen-bond donors (Lipinski definition) is 1. The molecule has 21 heavy (non-hydrogen) atoms. The summed E-state index contributed by atoms with van der Waals surface area (Å²) in [7, 11) is 0. The molecule has 0 saturated heterocycles. The summed E-state index contributed by atoms with van der Waals surface area (Å²) in [6.45, 7) is 0. The third-order valence-electron chi connectivity index (χ3n) is 4.37. The maximum absolute atomic E-state index is 14.3. The summed E-state index contributed by atoms with van der Waals surface area (Å²) in [5.74, 6) is -1.30. The van der Waals surface area contributed by atoms with E-state index in [1.165, 1.54) is 10.7 Å². The van der Waals surface area contributed by atoms with Gasteiger partial charge in [0.1, 0.15) is 11.5 Å². The molecule has 0 atom stereocenters. The molecule has 0 radical (unpaired) electrons. The van der Waals surface area contributed by atoms with Crippen molar-refractivity contribution in [3.8, 4) is 5.69 Å². The maximum Gasteiger partial charge on any atom is 0.314 e. The van der Waals surface area contributed by atoms with Gasteiger partial charge in [-0.3, -0.25) is 4.79 Å². The number of rotatable bonds is 3. The SMILES string of the molecule is O=C(O)C1(c2ccc(-n3cccn3)c(F)c2)CCCCC1. The molecule has 110 valence electrons. The predicted molar refractivity (Wildman–Crippen MR) is 75.9 cm³/mol. The summed E-state index contributed by atoms with van der Waals surface area (Å²) >= 11 is 0. The van der Waals surface area contributed by atoms with Gasteiger partial charge in [-0.2, -0.15) is 5.10 Å². The molecule has 5 heteroatoms. The van der Waals surface area contributed by atoms with Gasteiger partial charge < -0.3 is 5.11 Å². The Kier molecular flexibility index (Phi) is 3.49. The average molecular weight is 288 g/mol. The van der Waals surface area contributed by atoms with Crippen molar-refractivity contribution >= 4 is 5.97 Å². The van der Waals surface area contributed by atoms with Gasteiger partial charge in [0.25, 0.3) is 0 Å². The van der Waals surface area contributed by atoms with Crippen LogP contribution in [-0.4, -0.2) is 20.9 Å². The van der Waals surface area contributed by atoms with E-state index in [4.69, 9.17) is 0 Å². The molecule has 1 heterocycles. The van der Waals surface area contributed by atoms with Gasteiger partial charge in [0, 0.05) is 12.4 Å². The second kappa shape index (κ2) is 5.31. The summed E-state index contributed by atoms with van der Waals surface area (Å²) in [6, 6.07) is 6.40. The topological polar surface area (TPSA) is 55.1 Å². The van der Waals surface area contributed by atoms with Gasteiger partial charge in [-0.25, -0.2) is 9.07 Å². The molecule has 3 rings (SSSR count). The van der Waals surface area contributed by atoms with Gasteiger partial charge in [0.15, 0.2) is 0 Å².